The summed E-state index contributed by atoms with van der Waals surface area (Å²) in [6.07, 6.45) is 7.75. The van der Waals surface area contributed by atoms with Crippen molar-refractivity contribution in [3.63, 3.8) is 0 Å². The SMILES string of the molecule is COc1ccc2[nH]cc(C(Nc3cc(C)ccn3)c3cnn(C)c3)c2c1. The van der Waals surface area contributed by atoms with E-state index in [1.54, 1.807) is 7.11 Å². The van der Waals surface area contributed by atoms with E-state index in [1.165, 1.54) is 0 Å². The second kappa shape index (κ2) is 6.55. The summed E-state index contributed by atoms with van der Waals surface area (Å²) in [5, 5.41) is 9.01. The van der Waals surface area contributed by atoms with Gasteiger partial charge in [-0.15, -0.1) is 0 Å². The first-order valence-corrected chi connectivity index (χ1v) is 8.47. The fourth-order valence-electron chi connectivity index (χ4n) is 3.18. The summed E-state index contributed by atoms with van der Waals surface area (Å²) in [6, 6.07) is 9.98. The van der Waals surface area contributed by atoms with Gasteiger partial charge in [-0.05, 0) is 42.8 Å². The monoisotopic (exact) mass is 347 g/mol. The Morgan fingerprint density at radius 1 is 1.23 bits per heavy atom. The van der Waals surface area contributed by atoms with Crippen LogP contribution in [0, 0.1) is 6.92 Å². The van der Waals surface area contributed by atoms with Crippen LogP contribution in [0.25, 0.3) is 10.9 Å². The summed E-state index contributed by atoms with van der Waals surface area (Å²) in [4.78, 5) is 7.81. The molecular weight excluding hydrogens is 326 g/mol. The number of H-pyrrole nitrogens is 1. The van der Waals surface area contributed by atoms with E-state index in [0.29, 0.717) is 0 Å². The van der Waals surface area contributed by atoms with Gasteiger partial charge >= 0.3 is 0 Å². The van der Waals surface area contributed by atoms with Gasteiger partial charge < -0.3 is 15.0 Å². The smallest absolute Gasteiger partial charge is 0.126 e. The number of ether oxygens (including phenoxy) is 1. The molecule has 0 bridgehead atoms. The lowest BCUT2D eigenvalue weighted by Crippen LogP contribution is -2.12. The van der Waals surface area contributed by atoms with E-state index in [0.717, 1.165) is 39.2 Å². The van der Waals surface area contributed by atoms with Crippen molar-refractivity contribution >= 4 is 16.7 Å². The Hall–Kier alpha value is -3.28. The Bertz CT molecular complexity index is 1050. The number of hydrogen-bond donors (Lipinski definition) is 2. The van der Waals surface area contributed by atoms with E-state index < -0.39 is 0 Å². The van der Waals surface area contributed by atoms with Gasteiger partial charge in [-0.3, -0.25) is 4.68 Å². The minimum absolute atomic E-state index is 0.0844. The molecule has 1 atom stereocenters. The first kappa shape index (κ1) is 16.2. The number of nitrogens with zero attached hydrogens (tertiary/aromatic N) is 3. The van der Waals surface area contributed by atoms with Crippen molar-refractivity contribution in [1.82, 2.24) is 19.7 Å². The molecule has 0 fully saturated rings. The number of aromatic nitrogens is 4. The Morgan fingerprint density at radius 2 is 2.12 bits per heavy atom. The molecule has 26 heavy (non-hydrogen) atoms. The topological polar surface area (TPSA) is 67.8 Å². The highest BCUT2D eigenvalue weighted by molar-refractivity contribution is 5.86. The maximum atomic E-state index is 5.41. The highest BCUT2D eigenvalue weighted by Gasteiger charge is 2.20. The van der Waals surface area contributed by atoms with Crippen LogP contribution in [-0.2, 0) is 7.05 Å². The van der Waals surface area contributed by atoms with E-state index in [4.69, 9.17) is 4.74 Å². The normalized spacial score (nSPS) is 12.3. The zero-order valence-corrected chi connectivity index (χ0v) is 15.0. The van der Waals surface area contributed by atoms with Gasteiger partial charge in [-0.25, -0.2) is 4.98 Å². The molecule has 6 nitrogen and oxygen atoms in total. The largest absolute Gasteiger partial charge is 0.497 e. The lowest BCUT2D eigenvalue weighted by molar-refractivity contribution is 0.415. The zero-order chi connectivity index (χ0) is 18.1. The van der Waals surface area contributed by atoms with Crippen molar-refractivity contribution in [3.05, 3.63) is 71.8 Å². The summed E-state index contributed by atoms with van der Waals surface area (Å²) < 4.78 is 7.22. The van der Waals surface area contributed by atoms with Crippen LogP contribution in [0.5, 0.6) is 5.75 Å². The number of aromatic amines is 1. The number of pyridine rings is 1. The van der Waals surface area contributed by atoms with Gasteiger partial charge in [0.05, 0.1) is 19.3 Å². The predicted molar refractivity (Wildman–Crippen MR) is 102 cm³/mol. The maximum Gasteiger partial charge on any atom is 0.126 e. The van der Waals surface area contributed by atoms with Gasteiger partial charge in [0.2, 0.25) is 0 Å². The molecule has 2 N–H and O–H groups in total. The molecule has 0 radical (unpaired) electrons. The standard InChI is InChI=1S/C20H21N5O/c1-13-6-7-21-19(8-13)24-20(14-10-23-25(2)12-14)17-11-22-18-5-4-15(26-3)9-16(17)18/h4-12,20,22H,1-3H3,(H,21,24). The number of anilines is 1. The number of nitrogens with one attached hydrogen (secondary N) is 2. The van der Waals surface area contributed by atoms with Gasteiger partial charge in [0.1, 0.15) is 11.6 Å². The van der Waals surface area contributed by atoms with E-state index in [2.05, 4.69) is 33.4 Å². The summed E-state index contributed by atoms with van der Waals surface area (Å²) >= 11 is 0. The number of aryl methyl sites for hydroxylation is 2. The van der Waals surface area contributed by atoms with Crippen LogP contribution in [0.15, 0.2) is 55.1 Å². The predicted octanol–water partition coefficient (Wildman–Crippen LogP) is 3.81. The van der Waals surface area contributed by atoms with E-state index >= 15 is 0 Å². The first-order valence-electron chi connectivity index (χ1n) is 8.47. The fourth-order valence-corrected chi connectivity index (χ4v) is 3.18. The van der Waals surface area contributed by atoms with Crippen molar-refractivity contribution in [2.24, 2.45) is 7.05 Å². The molecule has 0 amide bonds. The van der Waals surface area contributed by atoms with Gasteiger partial charge in [0, 0.05) is 47.7 Å². The Morgan fingerprint density at radius 3 is 2.85 bits per heavy atom. The summed E-state index contributed by atoms with van der Waals surface area (Å²) in [5.74, 6) is 1.66. The molecule has 0 aliphatic carbocycles. The Kier molecular flexibility index (Phi) is 4.08. The third-order valence-corrected chi connectivity index (χ3v) is 4.50. The Labute approximate surface area is 151 Å². The van der Waals surface area contributed by atoms with Gasteiger partial charge in [-0.1, -0.05) is 0 Å². The van der Waals surface area contributed by atoms with Crippen molar-refractivity contribution in [2.75, 3.05) is 12.4 Å². The molecule has 1 unspecified atom stereocenters. The number of hydrogen-bond acceptors (Lipinski definition) is 4. The van der Waals surface area contributed by atoms with Crippen LogP contribution >= 0.6 is 0 Å². The molecule has 6 heteroatoms. The highest BCUT2D eigenvalue weighted by atomic mass is 16.5. The van der Waals surface area contributed by atoms with E-state index in [9.17, 15) is 0 Å². The lowest BCUT2D eigenvalue weighted by Gasteiger charge is -2.18. The molecule has 0 saturated carbocycles. The van der Waals surface area contributed by atoms with Crippen LogP contribution < -0.4 is 10.1 Å². The van der Waals surface area contributed by atoms with Crippen molar-refractivity contribution in [3.8, 4) is 5.75 Å². The second-order valence-corrected chi connectivity index (χ2v) is 6.40. The number of fused-ring (bicyclic) bond motifs is 1. The first-order chi connectivity index (χ1) is 12.6. The molecule has 0 saturated heterocycles. The third kappa shape index (κ3) is 3.01. The van der Waals surface area contributed by atoms with Crippen LogP contribution in [0.2, 0.25) is 0 Å². The van der Waals surface area contributed by atoms with Crippen molar-refractivity contribution in [1.29, 1.82) is 0 Å². The molecule has 4 rings (SSSR count). The Balaban J connectivity index is 1.82. The highest BCUT2D eigenvalue weighted by Crippen LogP contribution is 2.33. The second-order valence-electron chi connectivity index (χ2n) is 6.40. The van der Waals surface area contributed by atoms with Crippen LogP contribution in [-0.4, -0.2) is 26.9 Å². The summed E-state index contributed by atoms with van der Waals surface area (Å²) in [6.45, 7) is 2.06. The molecule has 0 spiro atoms. The van der Waals surface area contributed by atoms with Crippen LogP contribution in [0.4, 0.5) is 5.82 Å². The molecule has 0 aliphatic rings. The number of rotatable bonds is 5. The summed E-state index contributed by atoms with van der Waals surface area (Å²) in [7, 11) is 3.60. The maximum absolute atomic E-state index is 5.41. The zero-order valence-electron chi connectivity index (χ0n) is 15.0. The molecule has 1 aromatic carbocycles. The number of methoxy groups -OCH3 is 1. The minimum atomic E-state index is -0.0844. The average Bonchev–Trinajstić information content (AvgIpc) is 3.25. The molecule has 3 aromatic heterocycles. The molecule has 4 aromatic rings. The summed E-state index contributed by atoms with van der Waals surface area (Å²) in [5.41, 5.74) is 4.41. The van der Waals surface area contributed by atoms with Crippen LogP contribution in [0.3, 0.4) is 0 Å². The lowest BCUT2D eigenvalue weighted by atomic mass is 10.0. The van der Waals surface area contributed by atoms with Crippen molar-refractivity contribution in [2.45, 2.75) is 13.0 Å². The molecule has 0 aliphatic heterocycles. The van der Waals surface area contributed by atoms with Gasteiger partial charge in [0.25, 0.3) is 0 Å². The third-order valence-electron chi connectivity index (χ3n) is 4.50. The van der Waals surface area contributed by atoms with Crippen molar-refractivity contribution < 1.29 is 4.74 Å². The van der Waals surface area contributed by atoms with E-state index in [1.807, 2.05) is 60.8 Å². The average molecular weight is 347 g/mol. The van der Waals surface area contributed by atoms with Gasteiger partial charge in [-0.2, -0.15) is 5.10 Å². The quantitative estimate of drug-likeness (QED) is 0.576. The number of benzene rings is 1. The van der Waals surface area contributed by atoms with Gasteiger partial charge in [0.15, 0.2) is 0 Å². The molecular formula is C20H21N5O. The van der Waals surface area contributed by atoms with E-state index in [-0.39, 0.29) is 6.04 Å². The van der Waals surface area contributed by atoms with Crippen LogP contribution in [0.1, 0.15) is 22.7 Å². The molecule has 132 valence electrons. The molecule has 3 heterocycles. The minimum Gasteiger partial charge on any atom is -0.497 e. The fraction of sp³-hybridized carbons (Fsp3) is 0.200.